The molecule has 0 saturated heterocycles. The Kier molecular flexibility index (Phi) is 5.16. The summed E-state index contributed by atoms with van der Waals surface area (Å²) in [5.41, 5.74) is 6.04. The number of amides is 1. The fourth-order valence-corrected chi connectivity index (χ4v) is 2.66. The fraction of sp³-hybridized carbons (Fsp3) is 0.250. The Bertz CT molecular complexity index is 661. The lowest BCUT2D eigenvalue weighted by molar-refractivity contribution is 0.102. The van der Waals surface area contributed by atoms with Gasteiger partial charge in [0.2, 0.25) is 0 Å². The molecule has 1 amide bonds. The minimum atomic E-state index is -0.411. The van der Waals surface area contributed by atoms with Gasteiger partial charge in [0.15, 0.2) is 11.4 Å². The molecule has 3 N–H and O–H groups in total. The molecule has 112 valence electrons. The van der Waals surface area contributed by atoms with Crippen LogP contribution in [0.2, 0.25) is 5.02 Å². The Morgan fingerprint density at radius 1 is 1.57 bits per heavy atom. The number of hydrogen-bond donors (Lipinski definition) is 2. The van der Waals surface area contributed by atoms with Gasteiger partial charge < -0.3 is 15.8 Å². The number of methoxy groups -OCH3 is 1. The molecule has 21 heavy (non-hydrogen) atoms. The number of hydrogen-bond acceptors (Lipinski definition) is 5. The van der Waals surface area contributed by atoms with E-state index in [2.05, 4.69) is 31.6 Å². The number of benzene rings is 1. The maximum atomic E-state index is 12.2. The zero-order valence-corrected chi connectivity index (χ0v) is 13.5. The van der Waals surface area contributed by atoms with E-state index < -0.39 is 5.91 Å². The molecular weight excluding hydrogens is 362 g/mol. The van der Waals surface area contributed by atoms with Crippen LogP contribution in [0.25, 0.3) is 0 Å². The van der Waals surface area contributed by atoms with Gasteiger partial charge in [-0.1, -0.05) is 16.8 Å². The van der Waals surface area contributed by atoms with Crippen molar-refractivity contribution in [3.8, 4) is 5.75 Å². The van der Waals surface area contributed by atoms with Crippen molar-refractivity contribution in [2.45, 2.75) is 6.54 Å². The van der Waals surface area contributed by atoms with Gasteiger partial charge in [-0.3, -0.25) is 9.48 Å². The molecule has 0 aliphatic carbocycles. The Labute approximate surface area is 134 Å². The van der Waals surface area contributed by atoms with E-state index in [0.717, 1.165) is 0 Å². The van der Waals surface area contributed by atoms with E-state index in [9.17, 15) is 4.79 Å². The number of rotatable bonds is 5. The summed E-state index contributed by atoms with van der Waals surface area (Å²) >= 11 is 9.29. The summed E-state index contributed by atoms with van der Waals surface area (Å²) in [4.78, 5) is 12.2. The lowest BCUT2D eigenvalue weighted by Gasteiger charge is -2.11. The van der Waals surface area contributed by atoms with Crippen molar-refractivity contribution < 1.29 is 9.53 Å². The third kappa shape index (κ3) is 3.72. The highest BCUT2D eigenvalue weighted by atomic mass is 79.9. The van der Waals surface area contributed by atoms with E-state index in [1.807, 2.05) is 0 Å². The summed E-state index contributed by atoms with van der Waals surface area (Å²) in [6.45, 7) is 0.909. The molecule has 0 atom stereocenters. The van der Waals surface area contributed by atoms with Crippen molar-refractivity contribution in [2.24, 2.45) is 5.73 Å². The number of halogens is 2. The van der Waals surface area contributed by atoms with Crippen molar-refractivity contribution in [3.05, 3.63) is 33.5 Å². The smallest absolute Gasteiger partial charge is 0.277 e. The van der Waals surface area contributed by atoms with Crippen LogP contribution < -0.4 is 15.8 Å². The van der Waals surface area contributed by atoms with Crippen molar-refractivity contribution >= 4 is 39.1 Å². The Morgan fingerprint density at radius 2 is 2.33 bits per heavy atom. The van der Waals surface area contributed by atoms with Crippen LogP contribution in [-0.4, -0.2) is 34.6 Å². The summed E-state index contributed by atoms with van der Waals surface area (Å²) in [6.07, 6.45) is 1.52. The monoisotopic (exact) mass is 373 g/mol. The van der Waals surface area contributed by atoms with Crippen molar-refractivity contribution in [2.75, 3.05) is 19.0 Å². The van der Waals surface area contributed by atoms with Crippen LogP contribution in [-0.2, 0) is 6.54 Å². The first kappa shape index (κ1) is 15.7. The van der Waals surface area contributed by atoms with Gasteiger partial charge in [-0.2, -0.15) is 0 Å². The first-order valence-corrected chi connectivity index (χ1v) is 7.17. The van der Waals surface area contributed by atoms with Gasteiger partial charge in [0.25, 0.3) is 5.91 Å². The van der Waals surface area contributed by atoms with Gasteiger partial charge in [0, 0.05) is 11.6 Å². The lowest BCUT2D eigenvalue weighted by atomic mass is 10.3. The maximum Gasteiger partial charge on any atom is 0.277 e. The van der Waals surface area contributed by atoms with Gasteiger partial charge in [0.1, 0.15) is 0 Å². The predicted octanol–water partition coefficient (Wildman–Crippen LogP) is 1.91. The molecule has 0 aliphatic heterocycles. The number of anilines is 1. The molecule has 0 aliphatic rings. The van der Waals surface area contributed by atoms with E-state index in [4.69, 9.17) is 22.1 Å². The van der Waals surface area contributed by atoms with Crippen LogP contribution in [0.1, 0.15) is 10.5 Å². The highest BCUT2D eigenvalue weighted by Gasteiger charge is 2.16. The Morgan fingerprint density at radius 3 is 3.00 bits per heavy atom. The lowest BCUT2D eigenvalue weighted by Crippen LogP contribution is -2.13. The fourth-order valence-electron chi connectivity index (χ4n) is 1.69. The molecule has 1 heterocycles. The summed E-state index contributed by atoms with van der Waals surface area (Å²) in [6, 6.07) is 3.26. The summed E-state index contributed by atoms with van der Waals surface area (Å²) in [7, 11) is 1.50. The van der Waals surface area contributed by atoms with Crippen molar-refractivity contribution in [1.82, 2.24) is 15.0 Å². The molecular formula is C12H13BrClN5O2. The zero-order valence-electron chi connectivity index (χ0n) is 11.1. The number of nitrogens with one attached hydrogen (secondary N) is 1. The SMILES string of the molecule is COc1c(Br)cc(Cl)cc1NC(=O)c1cn(CCN)nn1. The second-order valence-electron chi connectivity index (χ2n) is 4.08. The molecule has 2 aromatic rings. The van der Waals surface area contributed by atoms with E-state index in [1.165, 1.54) is 18.0 Å². The first-order valence-electron chi connectivity index (χ1n) is 5.99. The summed E-state index contributed by atoms with van der Waals surface area (Å²) in [5, 5.41) is 10.7. The average molecular weight is 375 g/mol. The van der Waals surface area contributed by atoms with Gasteiger partial charge in [-0.25, -0.2) is 0 Å². The molecule has 0 unspecified atom stereocenters. The standard InChI is InChI=1S/C12H13BrClN5O2/c1-21-11-8(13)4-7(14)5-9(11)16-12(20)10-6-19(3-2-15)18-17-10/h4-6H,2-3,15H2,1H3,(H,16,20). The van der Waals surface area contributed by atoms with E-state index in [0.29, 0.717) is 34.0 Å². The van der Waals surface area contributed by atoms with Gasteiger partial charge in [0.05, 0.1) is 30.0 Å². The first-order chi connectivity index (χ1) is 10.0. The molecule has 0 bridgehead atoms. The molecule has 1 aromatic carbocycles. The molecule has 0 radical (unpaired) electrons. The number of ether oxygens (including phenoxy) is 1. The third-order valence-corrected chi connectivity index (χ3v) is 3.40. The number of aromatic nitrogens is 3. The molecule has 7 nitrogen and oxygen atoms in total. The third-order valence-electron chi connectivity index (χ3n) is 2.59. The largest absolute Gasteiger partial charge is 0.493 e. The minimum absolute atomic E-state index is 0.182. The molecule has 0 fully saturated rings. The molecule has 0 saturated carbocycles. The number of carbonyl (C=O) groups is 1. The highest BCUT2D eigenvalue weighted by Crippen LogP contribution is 2.36. The molecule has 9 heteroatoms. The van der Waals surface area contributed by atoms with Crippen LogP contribution in [0.5, 0.6) is 5.75 Å². The van der Waals surface area contributed by atoms with Gasteiger partial charge in [-0.05, 0) is 28.1 Å². The van der Waals surface area contributed by atoms with Crippen LogP contribution in [0, 0.1) is 0 Å². The quantitative estimate of drug-likeness (QED) is 0.833. The number of carbonyl (C=O) groups excluding carboxylic acids is 1. The minimum Gasteiger partial charge on any atom is -0.493 e. The maximum absolute atomic E-state index is 12.2. The Balaban J connectivity index is 2.22. The second kappa shape index (κ2) is 6.88. The van der Waals surface area contributed by atoms with Crippen LogP contribution in [0.3, 0.4) is 0 Å². The number of nitrogens with two attached hydrogens (primary N) is 1. The second-order valence-corrected chi connectivity index (χ2v) is 5.37. The van der Waals surface area contributed by atoms with Gasteiger partial charge in [-0.15, -0.1) is 5.10 Å². The van der Waals surface area contributed by atoms with Crippen molar-refractivity contribution in [3.63, 3.8) is 0 Å². The summed E-state index contributed by atoms with van der Waals surface area (Å²) < 4.78 is 7.37. The van der Waals surface area contributed by atoms with Crippen LogP contribution in [0.4, 0.5) is 5.69 Å². The zero-order chi connectivity index (χ0) is 15.4. The highest BCUT2D eigenvalue weighted by molar-refractivity contribution is 9.10. The average Bonchev–Trinajstić information content (AvgIpc) is 2.87. The predicted molar refractivity (Wildman–Crippen MR) is 82.7 cm³/mol. The van der Waals surface area contributed by atoms with Gasteiger partial charge >= 0.3 is 0 Å². The number of nitrogens with zero attached hydrogens (tertiary/aromatic N) is 3. The van der Waals surface area contributed by atoms with Crippen LogP contribution in [0.15, 0.2) is 22.8 Å². The normalized spacial score (nSPS) is 10.5. The summed E-state index contributed by atoms with van der Waals surface area (Å²) in [5.74, 6) is 0.0628. The molecule has 2 rings (SSSR count). The molecule has 0 spiro atoms. The van der Waals surface area contributed by atoms with Crippen molar-refractivity contribution in [1.29, 1.82) is 0 Å². The van der Waals surface area contributed by atoms with Crippen LogP contribution >= 0.6 is 27.5 Å². The molecule has 1 aromatic heterocycles. The van der Waals surface area contributed by atoms with E-state index in [-0.39, 0.29) is 5.69 Å². The topological polar surface area (TPSA) is 95.1 Å². The Hall–Kier alpha value is -1.64. The van der Waals surface area contributed by atoms with E-state index >= 15 is 0 Å². The van der Waals surface area contributed by atoms with E-state index in [1.54, 1.807) is 12.1 Å².